The number of ether oxygens (including phenoxy) is 1. The van der Waals surface area contributed by atoms with Crippen molar-refractivity contribution in [1.82, 2.24) is 9.97 Å². The highest BCUT2D eigenvalue weighted by Gasteiger charge is 2.09. The standard InChI is InChI=1S/C20H18ClN3O3S/c1-13-7-8-14(21)9-17(13)23-19(26)12-28-20-22-15(10-18(25)24-20)11-27-16-5-3-2-4-6-16/h2-10H,11-12H2,1H3,(H,23,26)(H,22,24,25). The van der Waals surface area contributed by atoms with Crippen LogP contribution in [0.3, 0.4) is 0 Å². The zero-order valence-electron chi connectivity index (χ0n) is 15.1. The van der Waals surface area contributed by atoms with E-state index < -0.39 is 0 Å². The molecule has 0 spiro atoms. The first-order valence-electron chi connectivity index (χ1n) is 8.46. The number of hydrogen-bond donors (Lipinski definition) is 2. The first-order chi connectivity index (χ1) is 13.5. The van der Waals surface area contributed by atoms with Gasteiger partial charge >= 0.3 is 0 Å². The molecular formula is C20H18ClN3O3S. The van der Waals surface area contributed by atoms with Crippen LogP contribution in [-0.4, -0.2) is 21.6 Å². The van der Waals surface area contributed by atoms with Crippen molar-refractivity contribution < 1.29 is 9.53 Å². The monoisotopic (exact) mass is 415 g/mol. The summed E-state index contributed by atoms with van der Waals surface area (Å²) < 4.78 is 5.61. The molecule has 0 bridgehead atoms. The van der Waals surface area contributed by atoms with Crippen LogP contribution in [0.4, 0.5) is 5.69 Å². The highest BCUT2D eigenvalue weighted by atomic mass is 35.5. The van der Waals surface area contributed by atoms with Crippen molar-refractivity contribution in [2.45, 2.75) is 18.7 Å². The summed E-state index contributed by atoms with van der Waals surface area (Å²) in [6.45, 7) is 2.05. The maximum Gasteiger partial charge on any atom is 0.251 e. The third kappa shape index (κ3) is 5.87. The fraction of sp³-hybridized carbons (Fsp3) is 0.150. The summed E-state index contributed by atoms with van der Waals surface area (Å²) in [5.74, 6) is 0.566. The maximum atomic E-state index is 12.2. The molecule has 0 aliphatic carbocycles. The number of H-pyrrole nitrogens is 1. The quantitative estimate of drug-likeness (QED) is 0.449. The van der Waals surface area contributed by atoms with E-state index in [1.165, 1.54) is 6.07 Å². The summed E-state index contributed by atoms with van der Waals surface area (Å²) in [5.41, 5.74) is 1.76. The van der Waals surface area contributed by atoms with Gasteiger partial charge < -0.3 is 15.0 Å². The minimum absolute atomic E-state index is 0.0951. The van der Waals surface area contributed by atoms with Gasteiger partial charge in [-0.05, 0) is 36.8 Å². The van der Waals surface area contributed by atoms with E-state index >= 15 is 0 Å². The number of aromatic amines is 1. The average Bonchev–Trinajstić information content (AvgIpc) is 2.68. The lowest BCUT2D eigenvalue weighted by Gasteiger charge is -2.09. The molecule has 1 heterocycles. The van der Waals surface area contributed by atoms with Crippen LogP contribution in [0.2, 0.25) is 5.02 Å². The van der Waals surface area contributed by atoms with Crippen molar-refractivity contribution in [3.05, 3.63) is 81.2 Å². The van der Waals surface area contributed by atoms with Gasteiger partial charge in [0.05, 0.1) is 11.4 Å². The molecule has 144 valence electrons. The summed E-state index contributed by atoms with van der Waals surface area (Å²) in [4.78, 5) is 31.0. The maximum absolute atomic E-state index is 12.2. The Kier molecular flexibility index (Phi) is 6.73. The third-order valence-electron chi connectivity index (χ3n) is 3.72. The van der Waals surface area contributed by atoms with Crippen LogP contribution in [-0.2, 0) is 11.4 Å². The average molecular weight is 416 g/mol. The number of aryl methyl sites for hydroxylation is 1. The number of hydrogen-bond acceptors (Lipinski definition) is 5. The SMILES string of the molecule is Cc1ccc(Cl)cc1NC(=O)CSc1nc(COc2ccccc2)cc(=O)[nH]1. The molecule has 2 N–H and O–H groups in total. The van der Waals surface area contributed by atoms with Gasteiger partial charge in [-0.1, -0.05) is 47.6 Å². The molecule has 6 nitrogen and oxygen atoms in total. The van der Waals surface area contributed by atoms with E-state index in [-0.39, 0.29) is 23.8 Å². The van der Waals surface area contributed by atoms with E-state index in [4.69, 9.17) is 16.3 Å². The summed E-state index contributed by atoms with van der Waals surface area (Å²) >= 11 is 7.10. The van der Waals surface area contributed by atoms with Crippen LogP contribution < -0.4 is 15.6 Å². The third-order valence-corrected chi connectivity index (χ3v) is 4.83. The molecule has 3 aromatic rings. The zero-order chi connectivity index (χ0) is 19.9. The first kappa shape index (κ1) is 20.0. The lowest BCUT2D eigenvalue weighted by Crippen LogP contribution is -2.16. The summed E-state index contributed by atoms with van der Waals surface area (Å²) in [5, 5.41) is 3.71. The molecule has 2 aromatic carbocycles. The fourth-order valence-corrected chi connectivity index (χ4v) is 3.22. The van der Waals surface area contributed by atoms with Crippen LogP contribution in [0.25, 0.3) is 0 Å². The highest BCUT2D eigenvalue weighted by Crippen LogP contribution is 2.21. The molecule has 1 aromatic heterocycles. The number of rotatable bonds is 7. The minimum atomic E-state index is -0.296. The smallest absolute Gasteiger partial charge is 0.251 e. The number of thioether (sulfide) groups is 1. The molecule has 0 fully saturated rings. The topological polar surface area (TPSA) is 84.1 Å². The number of halogens is 1. The van der Waals surface area contributed by atoms with Gasteiger partial charge in [-0.2, -0.15) is 0 Å². The largest absolute Gasteiger partial charge is 0.487 e. The van der Waals surface area contributed by atoms with Gasteiger partial charge in [-0.15, -0.1) is 0 Å². The van der Waals surface area contributed by atoms with Crippen molar-refractivity contribution in [3.8, 4) is 5.75 Å². The van der Waals surface area contributed by atoms with Gasteiger partial charge in [-0.3, -0.25) is 9.59 Å². The Morgan fingerprint density at radius 1 is 1.21 bits per heavy atom. The number of nitrogens with zero attached hydrogens (tertiary/aromatic N) is 1. The van der Waals surface area contributed by atoms with Crippen LogP contribution in [0.15, 0.2) is 64.5 Å². The lowest BCUT2D eigenvalue weighted by molar-refractivity contribution is -0.113. The molecule has 1 amide bonds. The van der Waals surface area contributed by atoms with E-state index in [1.807, 2.05) is 43.3 Å². The van der Waals surface area contributed by atoms with Crippen LogP contribution in [0, 0.1) is 6.92 Å². The Balaban J connectivity index is 1.59. The second kappa shape index (κ2) is 9.43. The van der Waals surface area contributed by atoms with Gasteiger partial charge in [0.15, 0.2) is 5.16 Å². The van der Waals surface area contributed by atoms with Crippen molar-refractivity contribution >= 4 is 35.0 Å². The molecule has 0 aliphatic rings. The van der Waals surface area contributed by atoms with E-state index in [0.717, 1.165) is 17.3 Å². The Labute approximate surface area is 171 Å². The summed E-state index contributed by atoms with van der Waals surface area (Å²) in [7, 11) is 0. The van der Waals surface area contributed by atoms with Crippen molar-refractivity contribution in [2.75, 3.05) is 11.1 Å². The first-order valence-corrected chi connectivity index (χ1v) is 9.83. The van der Waals surface area contributed by atoms with Gasteiger partial charge in [-0.25, -0.2) is 4.98 Å². The molecule has 8 heteroatoms. The number of carbonyl (C=O) groups excluding carboxylic acids is 1. The van der Waals surface area contributed by atoms with Crippen LogP contribution in [0.1, 0.15) is 11.3 Å². The molecule has 28 heavy (non-hydrogen) atoms. The second-order valence-corrected chi connectivity index (χ2v) is 7.34. The number of nitrogens with one attached hydrogen (secondary N) is 2. The predicted octanol–water partition coefficient (Wildman–Crippen LogP) is 4.04. The molecule has 0 atom stereocenters. The zero-order valence-corrected chi connectivity index (χ0v) is 16.6. The van der Waals surface area contributed by atoms with Crippen molar-refractivity contribution in [3.63, 3.8) is 0 Å². The fourth-order valence-electron chi connectivity index (χ4n) is 2.35. The molecule has 3 rings (SSSR count). The molecular weight excluding hydrogens is 398 g/mol. The Morgan fingerprint density at radius 2 is 2.00 bits per heavy atom. The van der Waals surface area contributed by atoms with Gasteiger partial charge in [0, 0.05) is 16.8 Å². The number of benzene rings is 2. The minimum Gasteiger partial charge on any atom is -0.487 e. The van der Waals surface area contributed by atoms with E-state index in [2.05, 4.69) is 15.3 Å². The lowest BCUT2D eigenvalue weighted by atomic mass is 10.2. The second-order valence-electron chi connectivity index (χ2n) is 5.94. The molecule has 0 unspecified atom stereocenters. The summed E-state index contributed by atoms with van der Waals surface area (Å²) in [6.07, 6.45) is 0. The normalized spacial score (nSPS) is 10.5. The molecule has 0 aliphatic heterocycles. The molecule has 0 saturated carbocycles. The number of amides is 1. The number of anilines is 1. The Hall–Kier alpha value is -2.77. The van der Waals surface area contributed by atoms with Crippen LogP contribution >= 0.6 is 23.4 Å². The van der Waals surface area contributed by atoms with Crippen molar-refractivity contribution in [1.29, 1.82) is 0 Å². The highest BCUT2D eigenvalue weighted by molar-refractivity contribution is 7.99. The predicted molar refractivity (Wildman–Crippen MR) is 111 cm³/mol. The van der Waals surface area contributed by atoms with Crippen LogP contribution in [0.5, 0.6) is 5.75 Å². The molecule has 0 radical (unpaired) electrons. The number of carbonyl (C=O) groups is 1. The van der Waals surface area contributed by atoms with E-state index in [0.29, 0.717) is 27.3 Å². The number of para-hydroxylation sites is 1. The molecule has 0 saturated heterocycles. The van der Waals surface area contributed by atoms with Gasteiger partial charge in [0.2, 0.25) is 5.91 Å². The Bertz CT molecular complexity index is 1020. The van der Waals surface area contributed by atoms with E-state index in [1.54, 1.807) is 12.1 Å². The van der Waals surface area contributed by atoms with E-state index in [9.17, 15) is 9.59 Å². The number of aromatic nitrogens is 2. The van der Waals surface area contributed by atoms with Gasteiger partial charge in [0.1, 0.15) is 12.4 Å². The summed E-state index contributed by atoms with van der Waals surface area (Å²) in [6, 6.07) is 15.9. The van der Waals surface area contributed by atoms with Crippen molar-refractivity contribution in [2.24, 2.45) is 0 Å². The Morgan fingerprint density at radius 3 is 2.79 bits per heavy atom. The van der Waals surface area contributed by atoms with Gasteiger partial charge in [0.25, 0.3) is 5.56 Å².